The van der Waals surface area contributed by atoms with Crippen molar-refractivity contribution >= 4 is 35.1 Å². The van der Waals surface area contributed by atoms with Crippen LogP contribution in [0.5, 0.6) is 5.75 Å². The van der Waals surface area contributed by atoms with Crippen LogP contribution >= 0.6 is 0 Å². The molecule has 0 bridgehead atoms. The number of carboxylic acid groups (broad SMARTS) is 1. The minimum Gasteiger partial charge on any atom is -0.479 e. The molecule has 0 aliphatic carbocycles. The Labute approximate surface area is 234 Å². The van der Waals surface area contributed by atoms with E-state index >= 15 is 0 Å². The number of aliphatic carboxylic acids is 1. The first-order chi connectivity index (χ1) is 19.1. The molecule has 0 fully saturated rings. The number of carboxylic acids is 1. The summed E-state index contributed by atoms with van der Waals surface area (Å²) in [6.07, 6.45) is -5.11. The zero-order chi connectivity index (χ0) is 30.4. The van der Waals surface area contributed by atoms with Gasteiger partial charge in [0.05, 0.1) is 6.54 Å². The number of anilines is 1. The monoisotopic (exact) mass is 570 g/mol. The van der Waals surface area contributed by atoms with E-state index in [1.165, 1.54) is 42.5 Å². The van der Waals surface area contributed by atoms with Crippen LogP contribution in [0.3, 0.4) is 0 Å². The third-order valence-electron chi connectivity index (χ3n) is 5.88. The predicted molar refractivity (Wildman–Crippen MR) is 147 cm³/mol. The lowest BCUT2D eigenvalue weighted by molar-refractivity contribution is -0.274. The molecule has 0 heterocycles. The van der Waals surface area contributed by atoms with Crippen molar-refractivity contribution in [3.63, 3.8) is 0 Å². The number of carbonyl (C=O) groups is 3. The molecule has 2 amide bonds. The summed E-state index contributed by atoms with van der Waals surface area (Å²) in [5.74, 6) is -3.05. The normalized spacial score (nSPS) is 12.8. The summed E-state index contributed by atoms with van der Waals surface area (Å²) in [6.45, 7) is 5.69. The van der Waals surface area contributed by atoms with Gasteiger partial charge in [0, 0.05) is 16.8 Å². The zero-order valence-electron chi connectivity index (χ0n) is 22.5. The van der Waals surface area contributed by atoms with Crippen molar-refractivity contribution in [3.05, 3.63) is 95.1 Å². The highest BCUT2D eigenvalue weighted by molar-refractivity contribution is 6.29. The zero-order valence-corrected chi connectivity index (χ0v) is 22.5. The lowest BCUT2D eigenvalue weighted by Crippen LogP contribution is -2.36. The molecule has 0 radical (unpaired) electrons. The molecule has 0 saturated heterocycles. The Bertz CT molecular complexity index is 1410. The summed E-state index contributed by atoms with van der Waals surface area (Å²) in [4.78, 5) is 36.4. The van der Waals surface area contributed by atoms with Crippen LogP contribution in [0.15, 0.2) is 72.8 Å². The van der Waals surface area contributed by atoms with Crippen molar-refractivity contribution in [2.75, 3.05) is 11.9 Å². The van der Waals surface area contributed by atoms with Gasteiger partial charge in [-0.2, -0.15) is 0 Å². The highest BCUT2D eigenvalue weighted by Gasteiger charge is 2.31. The van der Waals surface area contributed by atoms with Crippen LogP contribution in [0.4, 0.5) is 18.9 Å². The molecule has 0 aromatic heterocycles. The smallest absolute Gasteiger partial charge is 0.479 e. The van der Waals surface area contributed by atoms with E-state index in [0.29, 0.717) is 16.8 Å². The highest BCUT2D eigenvalue weighted by atomic mass is 19.4. The standard InChI is InChI=1S/C30H29F3N2O6/c1-29(2,3)21-10-12-22(13-11-21)35-27(38)24(19-8-14-23(15-9-19)41-30(31,32)33)16-18-4-6-20(7-5-18)26(37)34-17-25(36)28(39)40/h4-16,25,36H,17H2,1-3H3,(H,34,37)(H,35,38)(H,39,40)/b24-16+/t25-/m1/s1. The lowest BCUT2D eigenvalue weighted by atomic mass is 9.87. The minimum absolute atomic E-state index is 0.0903. The van der Waals surface area contributed by atoms with Gasteiger partial charge in [0.2, 0.25) is 0 Å². The van der Waals surface area contributed by atoms with E-state index in [2.05, 4.69) is 36.1 Å². The number of ether oxygens (including phenoxy) is 1. The van der Waals surface area contributed by atoms with Gasteiger partial charge in [-0.25, -0.2) is 4.79 Å². The van der Waals surface area contributed by atoms with Crippen molar-refractivity contribution in [2.45, 2.75) is 38.7 Å². The van der Waals surface area contributed by atoms with Crippen LogP contribution in [0, 0.1) is 0 Å². The molecule has 1 atom stereocenters. The van der Waals surface area contributed by atoms with E-state index in [9.17, 15) is 32.7 Å². The first-order valence-electron chi connectivity index (χ1n) is 12.4. The van der Waals surface area contributed by atoms with Crippen molar-refractivity contribution in [3.8, 4) is 5.75 Å². The van der Waals surface area contributed by atoms with Crippen LogP contribution in [-0.4, -0.2) is 47.0 Å². The summed E-state index contributed by atoms with van der Waals surface area (Å²) in [6, 6.07) is 18.1. The van der Waals surface area contributed by atoms with E-state index in [1.807, 2.05) is 12.1 Å². The minimum atomic E-state index is -4.86. The maximum Gasteiger partial charge on any atom is 0.573 e. The van der Waals surface area contributed by atoms with Gasteiger partial charge in [0.1, 0.15) is 5.75 Å². The van der Waals surface area contributed by atoms with Crippen LogP contribution in [0.2, 0.25) is 0 Å². The van der Waals surface area contributed by atoms with Crippen molar-refractivity contribution in [1.29, 1.82) is 0 Å². The maximum atomic E-state index is 13.4. The lowest BCUT2D eigenvalue weighted by Gasteiger charge is -2.19. The Kier molecular flexibility index (Phi) is 9.56. The molecular weight excluding hydrogens is 541 g/mol. The third kappa shape index (κ3) is 9.21. The molecule has 3 aromatic carbocycles. The molecule has 3 aromatic rings. The Morgan fingerprint density at radius 2 is 1.44 bits per heavy atom. The van der Waals surface area contributed by atoms with Gasteiger partial charge < -0.3 is 25.6 Å². The molecule has 8 nitrogen and oxygen atoms in total. The summed E-state index contributed by atoms with van der Waals surface area (Å²) >= 11 is 0. The van der Waals surface area contributed by atoms with Gasteiger partial charge in [-0.3, -0.25) is 9.59 Å². The second kappa shape index (κ2) is 12.7. The molecule has 3 rings (SSSR count). The number of amides is 2. The van der Waals surface area contributed by atoms with Gasteiger partial charge in [0.15, 0.2) is 6.10 Å². The number of hydrogen-bond donors (Lipinski definition) is 4. The van der Waals surface area contributed by atoms with Gasteiger partial charge >= 0.3 is 12.3 Å². The average molecular weight is 571 g/mol. The fraction of sp³-hybridized carbons (Fsp3) is 0.233. The second-order valence-corrected chi connectivity index (χ2v) is 10.1. The van der Waals surface area contributed by atoms with Gasteiger partial charge in [-0.05, 0) is 64.6 Å². The quantitative estimate of drug-likeness (QED) is 0.206. The molecule has 0 unspecified atom stereocenters. The number of nitrogens with one attached hydrogen (secondary N) is 2. The molecule has 216 valence electrons. The van der Waals surface area contributed by atoms with E-state index in [1.54, 1.807) is 12.1 Å². The number of aliphatic hydroxyl groups excluding tert-OH is 1. The Hall–Kier alpha value is -4.64. The number of alkyl halides is 3. The molecule has 41 heavy (non-hydrogen) atoms. The third-order valence-corrected chi connectivity index (χ3v) is 5.88. The summed E-state index contributed by atoms with van der Waals surface area (Å²) in [5.41, 5.74) is 2.61. The molecule has 0 aliphatic rings. The van der Waals surface area contributed by atoms with Crippen LogP contribution in [0.25, 0.3) is 11.6 Å². The number of aliphatic hydroxyl groups is 1. The summed E-state index contributed by atoms with van der Waals surface area (Å²) in [7, 11) is 0. The molecule has 0 spiro atoms. The molecule has 0 saturated carbocycles. The average Bonchev–Trinajstić information content (AvgIpc) is 2.90. The predicted octanol–water partition coefficient (Wildman–Crippen LogP) is 5.24. The Balaban J connectivity index is 1.88. The Morgan fingerprint density at radius 3 is 1.95 bits per heavy atom. The molecule has 0 aliphatic heterocycles. The van der Waals surface area contributed by atoms with E-state index < -0.39 is 42.5 Å². The molecular formula is C30H29F3N2O6. The van der Waals surface area contributed by atoms with Crippen molar-refractivity contribution in [1.82, 2.24) is 5.32 Å². The van der Waals surface area contributed by atoms with Crippen molar-refractivity contribution < 1.29 is 42.5 Å². The van der Waals surface area contributed by atoms with E-state index in [-0.39, 0.29) is 16.6 Å². The fourth-order valence-electron chi connectivity index (χ4n) is 3.64. The van der Waals surface area contributed by atoms with E-state index in [0.717, 1.165) is 17.7 Å². The van der Waals surface area contributed by atoms with Gasteiger partial charge in [-0.15, -0.1) is 13.2 Å². The maximum absolute atomic E-state index is 13.4. The topological polar surface area (TPSA) is 125 Å². The SMILES string of the molecule is CC(C)(C)c1ccc(NC(=O)/C(=C/c2ccc(C(=O)NC[C@@H](O)C(=O)O)cc2)c2ccc(OC(F)(F)F)cc2)cc1. The van der Waals surface area contributed by atoms with Crippen molar-refractivity contribution in [2.24, 2.45) is 0 Å². The summed E-state index contributed by atoms with van der Waals surface area (Å²) < 4.78 is 41.8. The Morgan fingerprint density at radius 1 is 0.878 bits per heavy atom. The number of hydrogen-bond acceptors (Lipinski definition) is 5. The van der Waals surface area contributed by atoms with Crippen LogP contribution in [-0.2, 0) is 15.0 Å². The number of benzene rings is 3. The van der Waals surface area contributed by atoms with Gasteiger partial charge in [-0.1, -0.05) is 57.2 Å². The fourth-order valence-corrected chi connectivity index (χ4v) is 3.64. The molecule has 4 N–H and O–H groups in total. The largest absolute Gasteiger partial charge is 0.573 e. The number of carbonyl (C=O) groups excluding carboxylic acids is 2. The van der Waals surface area contributed by atoms with Crippen LogP contribution < -0.4 is 15.4 Å². The van der Waals surface area contributed by atoms with E-state index in [4.69, 9.17) is 5.11 Å². The highest BCUT2D eigenvalue weighted by Crippen LogP contribution is 2.28. The first kappa shape index (κ1) is 30.9. The first-order valence-corrected chi connectivity index (χ1v) is 12.4. The van der Waals surface area contributed by atoms with Gasteiger partial charge in [0.25, 0.3) is 11.8 Å². The number of rotatable bonds is 9. The number of halogens is 3. The van der Waals surface area contributed by atoms with Crippen LogP contribution in [0.1, 0.15) is 47.8 Å². The molecule has 11 heteroatoms. The second-order valence-electron chi connectivity index (χ2n) is 10.1. The summed E-state index contributed by atoms with van der Waals surface area (Å²) in [5, 5.41) is 23.2.